The normalized spacial score (nSPS) is 18.3. The third-order valence-electron chi connectivity index (χ3n) is 4.49. The minimum absolute atomic E-state index is 0. The molecular formula is C18H31IN4O2S2. The fourth-order valence-electron chi connectivity index (χ4n) is 2.83. The highest BCUT2D eigenvalue weighted by Crippen LogP contribution is 2.24. The van der Waals surface area contributed by atoms with Crippen molar-refractivity contribution >= 4 is 51.7 Å². The maximum absolute atomic E-state index is 11.6. The van der Waals surface area contributed by atoms with Crippen LogP contribution >= 0.6 is 35.7 Å². The van der Waals surface area contributed by atoms with Gasteiger partial charge in [0.05, 0.1) is 5.75 Å². The minimum Gasteiger partial charge on any atom is -0.352 e. The fourth-order valence-corrected chi connectivity index (χ4v) is 4.90. The number of nitrogens with one attached hydrogen (secondary N) is 2. The molecule has 27 heavy (non-hydrogen) atoms. The molecule has 2 rings (SSSR count). The van der Waals surface area contributed by atoms with Gasteiger partial charge in [-0.1, -0.05) is 38.1 Å². The Morgan fingerprint density at radius 2 is 1.93 bits per heavy atom. The highest BCUT2D eigenvalue weighted by Gasteiger charge is 2.24. The van der Waals surface area contributed by atoms with Crippen LogP contribution in [-0.4, -0.2) is 57.5 Å². The molecule has 1 saturated heterocycles. The fraction of sp³-hybridized carbons (Fsp3) is 0.611. The summed E-state index contributed by atoms with van der Waals surface area (Å²) in [6.07, 6.45) is 0. The molecule has 6 nitrogen and oxygen atoms in total. The Morgan fingerprint density at radius 1 is 1.30 bits per heavy atom. The van der Waals surface area contributed by atoms with E-state index in [0.29, 0.717) is 17.7 Å². The van der Waals surface area contributed by atoms with E-state index in [2.05, 4.69) is 33.8 Å². The average molecular weight is 527 g/mol. The largest absolute Gasteiger partial charge is 0.352 e. The first kappa shape index (κ1) is 24.5. The van der Waals surface area contributed by atoms with Crippen LogP contribution in [-0.2, 0) is 22.3 Å². The molecule has 1 aromatic carbocycles. The zero-order valence-corrected chi connectivity index (χ0v) is 20.4. The van der Waals surface area contributed by atoms with Gasteiger partial charge in [-0.15, -0.1) is 24.0 Å². The van der Waals surface area contributed by atoms with Crippen LogP contribution in [0.25, 0.3) is 0 Å². The molecule has 0 saturated carbocycles. The molecule has 1 unspecified atom stereocenters. The molecule has 1 atom stereocenters. The molecular weight excluding hydrogens is 495 g/mol. The number of rotatable bonds is 6. The number of nitrogens with zero attached hydrogens (tertiary/aromatic N) is 2. The number of halogens is 1. The smallest absolute Gasteiger partial charge is 0.215 e. The second kappa shape index (κ2) is 11.5. The van der Waals surface area contributed by atoms with Crippen molar-refractivity contribution in [3.63, 3.8) is 0 Å². The van der Waals surface area contributed by atoms with Crippen LogP contribution in [0.5, 0.6) is 0 Å². The lowest BCUT2D eigenvalue weighted by Gasteiger charge is -2.36. The van der Waals surface area contributed by atoms with E-state index in [9.17, 15) is 8.42 Å². The monoisotopic (exact) mass is 526 g/mol. The Hall–Kier alpha value is -0.520. The van der Waals surface area contributed by atoms with E-state index in [-0.39, 0.29) is 29.7 Å². The number of hydrogen-bond acceptors (Lipinski definition) is 4. The van der Waals surface area contributed by atoms with E-state index in [1.165, 1.54) is 7.05 Å². The molecule has 0 aromatic heterocycles. The summed E-state index contributed by atoms with van der Waals surface area (Å²) in [7, 11) is 0.0170. The standard InChI is InChI=1S/C18H30N4O2S2.HI/c1-14(2)17-12-22(9-10-25-17)18(19-3)21-11-15-5-7-16(8-6-15)13-26(23,24)20-4;/h5-8,14,17,20H,9-13H2,1-4H3,(H,19,21);1H. The van der Waals surface area contributed by atoms with Gasteiger partial charge in [0.1, 0.15) is 0 Å². The zero-order chi connectivity index (χ0) is 19.2. The summed E-state index contributed by atoms with van der Waals surface area (Å²) in [4.78, 5) is 6.76. The van der Waals surface area contributed by atoms with Gasteiger partial charge in [-0.05, 0) is 24.1 Å². The summed E-state index contributed by atoms with van der Waals surface area (Å²) in [5.74, 6) is 2.71. The summed E-state index contributed by atoms with van der Waals surface area (Å²) in [6, 6.07) is 7.65. The van der Waals surface area contributed by atoms with Gasteiger partial charge >= 0.3 is 0 Å². The van der Waals surface area contributed by atoms with Crippen LogP contribution in [0.4, 0.5) is 0 Å². The van der Waals surface area contributed by atoms with Crippen molar-refractivity contribution < 1.29 is 8.42 Å². The van der Waals surface area contributed by atoms with Gasteiger partial charge in [0.2, 0.25) is 10.0 Å². The van der Waals surface area contributed by atoms with Crippen molar-refractivity contribution in [2.24, 2.45) is 10.9 Å². The third-order valence-corrected chi connectivity index (χ3v) is 7.36. The van der Waals surface area contributed by atoms with Gasteiger partial charge in [0.15, 0.2) is 5.96 Å². The maximum atomic E-state index is 11.6. The quantitative estimate of drug-likeness (QED) is 0.339. The Morgan fingerprint density at radius 3 is 2.48 bits per heavy atom. The van der Waals surface area contributed by atoms with Crippen LogP contribution in [0.1, 0.15) is 25.0 Å². The lowest BCUT2D eigenvalue weighted by molar-refractivity contribution is 0.380. The van der Waals surface area contributed by atoms with E-state index in [0.717, 1.165) is 35.9 Å². The lowest BCUT2D eigenvalue weighted by atomic mass is 10.1. The van der Waals surface area contributed by atoms with Crippen molar-refractivity contribution in [2.75, 3.05) is 32.9 Å². The second-order valence-electron chi connectivity index (χ2n) is 6.78. The van der Waals surface area contributed by atoms with E-state index in [1.807, 2.05) is 43.1 Å². The lowest BCUT2D eigenvalue weighted by Crippen LogP contribution is -2.48. The topological polar surface area (TPSA) is 73.8 Å². The van der Waals surface area contributed by atoms with Crippen molar-refractivity contribution in [3.05, 3.63) is 35.4 Å². The molecule has 0 radical (unpaired) electrons. The predicted molar refractivity (Wildman–Crippen MR) is 126 cm³/mol. The summed E-state index contributed by atoms with van der Waals surface area (Å²) in [5, 5.41) is 4.06. The third kappa shape index (κ3) is 7.78. The zero-order valence-electron chi connectivity index (χ0n) is 16.4. The van der Waals surface area contributed by atoms with Gasteiger partial charge in [0, 0.05) is 37.7 Å². The van der Waals surface area contributed by atoms with Crippen LogP contribution in [0.15, 0.2) is 29.3 Å². The number of guanidine groups is 1. The van der Waals surface area contributed by atoms with Crippen molar-refractivity contribution in [1.82, 2.24) is 14.9 Å². The number of hydrogen-bond donors (Lipinski definition) is 2. The Kier molecular flexibility index (Phi) is 10.4. The summed E-state index contributed by atoms with van der Waals surface area (Å²) in [5.41, 5.74) is 1.88. The SMILES string of the molecule is CN=C(NCc1ccc(CS(=O)(=O)NC)cc1)N1CCSC(C(C)C)C1.I. The molecule has 0 bridgehead atoms. The van der Waals surface area contributed by atoms with E-state index in [4.69, 9.17) is 0 Å². The highest BCUT2D eigenvalue weighted by atomic mass is 127. The average Bonchev–Trinajstić information content (AvgIpc) is 2.63. The molecule has 0 amide bonds. The summed E-state index contributed by atoms with van der Waals surface area (Å²) < 4.78 is 25.6. The van der Waals surface area contributed by atoms with E-state index >= 15 is 0 Å². The molecule has 1 heterocycles. The summed E-state index contributed by atoms with van der Waals surface area (Å²) in [6.45, 7) is 7.24. The van der Waals surface area contributed by atoms with Crippen LogP contribution in [0, 0.1) is 5.92 Å². The molecule has 1 fully saturated rings. The molecule has 1 aliphatic rings. The molecule has 154 valence electrons. The van der Waals surface area contributed by atoms with E-state index < -0.39 is 10.0 Å². The maximum Gasteiger partial charge on any atom is 0.215 e. The van der Waals surface area contributed by atoms with Crippen molar-refractivity contribution in [1.29, 1.82) is 0 Å². The predicted octanol–water partition coefficient (Wildman–Crippen LogP) is 2.50. The first-order valence-corrected chi connectivity index (χ1v) is 11.6. The van der Waals surface area contributed by atoms with Crippen molar-refractivity contribution in [3.8, 4) is 0 Å². The Labute approximate surface area is 185 Å². The van der Waals surface area contributed by atoms with Crippen LogP contribution < -0.4 is 10.0 Å². The second-order valence-corrected chi connectivity index (χ2v) is 10.1. The van der Waals surface area contributed by atoms with Gasteiger partial charge in [-0.2, -0.15) is 11.8 Å². The van der Waals surface area contributed by atoms with Gasteiger partial charge in [-0.3, -0.25) is 4.99 Å². The van der Waals surface area contributed by atoms with Gasteiger partial charge < -0.3 is 10.2 Å². The van der Waals surface area contributed by atoms with E-state index in [1.54, 1.807) is 0 Å². The minimum atomic E-state index is -3.24. The first-order valence-electron chi connectivity index (χ1n) is 8.91. The molecule has 0 aliphatic carbocycles. The number of benzene rings is 1. The number of aliphatic imine (C=N–C) groups is 1. The van der Waals surface area contributed by atoms with Gasteiger partial charge in [0.25, 0.3) is 0 Å². The summed E-state index contributed by atoms with van der Waals surface area (Å²) >= 11 is 2.05. The number of thioether (sulfide) groups is 1. The van der Waals surface area contributed by atoms with Crippen LogP contribution in [0.3, 0.4) is 0 Å². The van der Waals surface area contributed by atoms with Crippen molar-refractivity contribution in [2.45, 2.75) is 31.4 Å². The molecule has 1 aliphatic heterocycles. The van der Waals surface area contributed by atoms with Gasteiger partial charge in [-0.25, -0.2) is 13.1 Å². The molecule has 0 spiro atoms. The van der Waals surface area contributed by atoms with Crippen LogP contribution in [0.2, 0.25) is 0 Å². The number of sulfonamides is 1. The molecule has 9 heteroatoms. The first-order chi connectivity index (χ1) is 12.3. The Bertz CT molecular complexity index is 709. The Balaban J connectivity index is 0.00000364. The molecule has 1 aromatic rings. The molecule has 2 N–H and O–H groups in total. The highest BCUT2D eigenvalue weighted by molar-refractivity contribution is 14.0.